The molecule has 4 heteroatoms. The number of halogens is 2. The molecule has 0 spiro atoms. The van der Waals surface area contributed by atoms with E-state index in [0.29, 0.717) is 5.33 Å². The molecule has 0 bridgehead atoms. The molecule has 0 unspecified atom stereocenters. The maximum atomic E-state index is 13.7. The third kappa shape index (κ3) is 2.80. The first-order valence-electron chi connectivity index (χ1n) is 5.85. The molecule has 1 heterocycles. The number of benzene rings is 1. The van der Waals surface area contributed by atoms with E-state index in [4.69, 9.17) is 4.74 Å². The molecule has 2 atom stereocenters. The lowest BCUT2D eigenvalue weighted by Crippen LogP contribution is -2.45. The molecule has 1 aromatic carbocycles. The molecule has 94 valence electrons. The van der Waals surface area contributed by atoms with Gasteiger partial charge in [-0.2, -0.15) is 0 Å². The molecular weight excluding hydrogens is 285 g/mol. The van der Waals surface area contributed by atoms with Crippen LogP contribution in [-0.2, 0) is 10.1 Å². The number of anilines is 1. The lowest BCUT2D eigenvalue weighted by Gasteiger charge is -2.37. The van der Waals surface area contributed by atoms with Crippen LogP contribution >= 0.6 is 15.9 Å². The van der Waals surface area contributed by atoms with Crippen molar-refractivity contribution >= 4 is 21.6 Å². The Balaban J connectivity index is 2.30. The molecule has 1 aromatic rings. The van der Waals surface area contributed by atoms with Crippen LogP contribution < -0.4 is 4.90 Å². The van der Waals surface area contributed by atoms with Gasteiger partial charge in [0.15, 0.2) is 0 Å². The van der Waals surface area contributed by atoms with Crippen molar-refractivity contribution in [3.05, 3.63) is 29.6 Å². The SMILES string of the molecule is C[C@@H]1CN(c2cccc(F)c2CBr)C[C@H](C)O1. The molecule has 2 nitrogen and oxygen atoms in total. The van der Waals surface area contributed by atoms with Crippen LogP contribution in [0, 0.1) is 5.82 Å². The Bertz CT molecular complexity index is 389. The topological polar surface area (TPSA) is 12.5 Å². The molecule has 1 aliphatic rings. The van der Waals surface area contributed by atoms with E-state index in [9.17, 15) is 4.39 Å². The molecule has 17 heavy (non-hydrogen) atoms. The normalized spacial score (nSPS) is 25.1. The molecular formula is C13H17BrFNO. The summed E-state index contributed by atoms with van der Waals surface area (Å²) in [6.45, 7) is 5.73. The molecule has 1 saturated heterocycles. The standard InChI is InChI=1S/C13H17BrFNO/c1-9-7-16(8-10(2)17-9)13-5-3-4-12(15)11(13)6-14/h3-5,9-10H,6-8H2,1-2H3/t9-,10+. The van der Waals surface area contributed by atoms with Crippen molar-refractivity contribution < 1.29 is 9.13 Å². The van der Waals surface area contributed by atoms with Crippen LogP contribution in [0.25, 0.3) is 0 Å². The van der Waals surface area contributed by atoms with Crippen molar-refractivity contribution in [2.75, 3.05) is 18.0 Å². The van der Waals surface area contributed by atoms with E-state index in [1.54, 1.807) is 6.07 Å². The molecule has 2 rings (SSSR count). The Hall–Kier alpha value is -0.610. The average Bonchev–Trinajstić information content (AvgIpc) is 2.27. The second-order valence-electron chi connectivity index (χ2n) is 4.53. The molecule has 0 amide bonds. The van der Waals surface area contributed by atoms with E-state index in [-0.39, 0.29) is 18.0 Å². The summed E-state index contributed by atoms with van der Waals surface area (Å²) < 4.78 is 19.4. The number of hydrogen-bond acceptors (Lipinski definition) is 2. The highest BCUT2D eigenvalue weighted by molar-refractivity contribution is 9.08. The second-order valence-corrected chi connectivity index (χ2v) is 5.09. The lowest BCUT2D eigenvalue weighted by molar-refractivity contribution is -0.00526. The summed E-state index contributed by atoms with van der Waals surface area (Å²) in [7, 11) is 0. The number of nitrogens with zero attached hydrogens (tertiary/aromatic N) is 1. The Labute approximate surface area is 110 Å². The smallest absolute Gasteiger partial charge is 0.129 e. The zero-order valence-corrected chi connectivity index (χ0v) is 11.7. The van der Waals surface area contributed by atoms with Gasteiger partial charge in [0.25, 0.3) is 0 Å². The van der Waals surface area contributed by atoms with Crippen molar-refractivity contribution in [1.29, 1.82) is 0 Å². The zero-order chi connectivity index (χ0) is 12.4. The highest BCUT2D eigenvalue weighted by Gasteiger charge is 2.24. The van der Waals surface area contributed by atoms with Gasteiger partial charge in [-0.15, -0.1) is 0 Å². The second kappa shape index (κ2) is 5.36. The van der Waals surface area contributed by atoms with Crippen LogP contribution in [-0.4, -0.2) is 25.3 Å². The van der Waals surface area contributed by atoms with Gasteiger partial charge >= 0.3 is 0 Å². The van der Waals surface area contributed by atoms with Crippen LogP contribution in [0.2, 0.25) is 0 Å². The van der Waals surface area contributed by atoms with E-state index in [1.165, 1.54) is 6.07 Å². The molecule has 0 saturated carbocycles. The van der Waals surface area contributed by atoms with Gasteiger partial charge in [0.1, 0.15) is 5.82 Å². The fourth-order valence-electron chi connectivity index (χ4n) is 2.35. The van der Waals surface area contributed by atoms with Crippen LogP contribution in [0.4, 0.5) is 10.1 Å². The van der Waals surface area contributed by atoms with Gasteiger partial charge in [0, 0.05) is 29.7 Å². The quantitative estimate of drug-likeness (QED) is 0.777. The van der Waals surface area contributed by atoms with E-state index in [0.717, 1.165) is 24.3 Å². The minimum atomic E-state index is -0.147. The highest BCUT2D eigenvalue weighted by Crippen LogP contribution is 2.28. The van der Waals surface area contributed by atoms with E-state index in [1.807, 2.05) is 6.07 Å². The van der Waals surface area contributed by atoms with Gasteiger partial charge in [0.2, 0.25) is 0 Å². The predicted molar refractivity (Wildman–Crippen MR) is 71.3 cm³/mol. The average molecular weight is 302 g/mol. The summed E-state index contributed by atoms with van der Waals surface area (Å²) in [6, 6.07) is 5.25. The van der Waals surface area contributed by atoms with E-state index < -0.39 is 0 Å². The number of ether oxygens (including phenoxy) is 1. The third-order valence-electron chi connectivity index (χ3n) is 2.99. The summed E-state index contributed by atoms with van der Waals surface area (Å²) >= 11 is 3.36. The molecule has 0 radical (unpaired) electrons. The van der Waals surface area contributed by atoms with Gasteiger partial charge in [-0.25, -0.2) is 4.39 Å². The van der Waals surface area contributed by atoms with Gasteiger partial charge in [-0.3, -0.25) is 0 Å². The van der Waals surface area contributed by atoms with Crippen LogP contribution in [0.15, 0.2) is 18.2 Å². The van der Waals surface area contributed by atoms with E-state index >= 15 is 0 Å². The number of hydrogen-bond donors (Lipinski definition) is 0. The fraction of sp³-hybridized carbons (Fsp3) is 0.538. The first-order valence-corrected chi connectivity index (χ1v) is 6.97. The van der Waals surface area contributed by atoms with Gasteiger partial charge in [-0.1, -0.05) is 22.0 Å². The van der Waals surface area contributed by atoms with E-state index in [2.05, 4.69) is 34.7 Å². The summed E-state index contributed by atoms with van der Waals surface area (Å²) in [5, 5.41) is 0.537. The van der Waals surface area contributed by atoms with Crippen molar-refractivity contribution in [2.24, 2.45) is 0 Å². The first-order chi connectivity index (χ1) is 8.11. The summed E-state index contributed by atoms with van der Waals surface area (Å²) in [6.07, 6.45) is 0.371. The highest BCUT2D eigenvalue weighted by atomic mass is 79.9. The van der Waals surface area contributed by atoms with Crippen LogP contribution in [0.5, 0.6) is 0 Å². The largest absolute Gasteiger partial charge is 0.372 e. The van der Waals surface area contributed by atoms with Gasteiger partial charge in [-0.05, 0) is 26.0 Å². The third-order valence-corrected chi connectivity index (χ3v) is 3.55. The van der Waals surface area contributed by atoms with Gasteiger partial charge < -0.3 is 9.64 Å². The number of alkyl halides is 1. The molecule has 1 aliphatic heterocycles. The predicted octanol–water partition coefficient (Wildman–Crippen LogP) is 3.33. The Morgan fingerprint density at radius 2 is 2.00 bits per heavy atom. The maximum Gasteiger partial charge on any atom is 0.129 e. The Morgan fingerprint density at radius 1 is 1.35 bits per heavy atom. The summed E-state index contributed by atoms with van der Waals surface area (Å²) in [5.74, 6) is -0.147. The Morgan fingerprint density at radius 3 is 2.59 bits per heavy atom. The van der Waals surface area contributed by atoms with Gasteiger partial charge in [0.05, 0.1) is 12.2 Å². The van der Waals surface area contributed by atoms with Crippen LogP contribution in [0.3, 0.4) is 0 Å². The molecule has 0 aliphatic carbocycles. The number of rotatable bonds is 2. The molecule has 0 aromatic heterocycles. The van der Waals surface area contributed by atoms with Crippen molar-refractivity contribution in [1.82, 2.24) is 0 Å². The summed E-state index contributed by atoms with van der Waals surface area (Å²) in [4.78, 5) is 2.21. The Kier molecular flexibility index (Phi) is 4.05. The fourth-order valence-corrected chi connectivity index (χ4v) is 2.91. The lowest BCUT2D eigenvalue weighted by atomic mass is 10.1. The number of morpholine rings is 1. The van der Waals surface area contributed by atoms with Crippen LogP contribution in [0.1, 0.15) is 19.4 Å². The van der Waals surface area contributed by atoms with Crippen molar-refractivity contribution in [3.8, 4) is 0 Å². The maximum absolute atomic E-state index is 13.7. The zero-order valence-electron chi connectivity index (χ0n) is 10.1. The minimum absolute atomic E-state index is 0.147. The monoisotopic (exact) mass is 301 g/mol. The summed E-state index contributed by atoms with van der Waals surface area (Å²) in [5.41, 5.74) is 1.71. The van der Waals surface area contributed by atoms with Crippen molar-refractivity contribution in [3.63, 3.8) is 0 Å². The minimum Gasteiger partial charge on any atom is -0.372 e. The molecule has 1 fully saturated rings. The first kappa shape index (κ1) is 12.8. The van der Waals surface area contributed by atoms with Crippen molar-refractivity contribution in [2.45, 2.75) is 31.4 Å². The molecule has 0 N–H and O–H groups in total.